The van der Waals surface area contributed by atoms with E-state index < -0.39 is 10.0 Å². The maximum atomic E-state index is 12.8. The van der Waals surface area contributed by atoms with Crippen LogP contribution in [-0.4, -0.2) is 31.9 Å². The summed E-state index contributed by atoms with van der Waals surface area (Å²) < 4.78 is 27.3. The Bertz CT molecular complexity index is 541. The maximum Gasteiger partial charge on any atom is 0.244 e. The van der Waals surface area contributed by atoms with Crippen LogP contribution in [0.5, 0.6) is 0 Å². The lowest BCUT2D eigenvalue weighted by Crippen LogP contribution is -2.32. The van der Waals surface area contributed by atoms with E-state index >= 15 is 0 Å². The Morgan fingerprint density at radius 3 is 2.55 bits per heavy atom. The van der Waals surface area contributed by atoms with Gasteiger partial charge in [0.1, 0.15) is 0 Å². The van der Waals surface area contributed by atoms with Gasteiger partial charge in [0.15, 0.2) is 0 Å². The van der Waals surface area contributed by atoms with Crippen LogP contribution >= 0.6 is 11.3 Å². The first-order chi connectivity index (χ1) is 9.68. The second-order valence-corrected chi connectivity index (χ2v) is 8.59. The number of nitrogens with zero attached hydrogens (tertiary/aromatic N) is 1. The number of nitrogens with one attached hydrogen (secondary N) is 1. The molecule has 2 heterocycles. The zero-order valence-corrected chi connectivity index (χ0v) is 13.3. The van der Waals surface area contributed by atoms with Gasteiger partial charge >= 0.3 is 0 Å². The second-order valence-electron chi connectivity index (χ2n) is 5.68. The summed E-state index contributed by atoms with van der Waals surface area (Å²) in [4.78, 5) is 1.48. The summed E-state index contributed by atoms with van der Waals surface area (Å²) in [5.41, 5.74) is 0. The van der Waals surface area contributed by atoms with Gasteiger partial charge in [0.25, 0.3) is 0 Å². The van der Waals surface area contributed by atoms with Gasteiger partial charge in [-0.2, -0.15) is 4.31 Å². The molecule has 6 heteroatoms. The molecule has 4 nitrogen and oxygen atoms in total. The molecule has 0 atom stereocenters. The molecule has 0 aromatic carbocycles. The van der Waals surface area contributed by atoms with Crippen molar-refractivity contribution >= 4 is 21.4 Å². The van der Waals surface area contributed by atoms with E-state index in [1.807, 2.05) is 5.38 Å². The van der Waals surface area contributed by atoms with Crippen molar-refractivity contribution < 1.29 is 8.42 Å². The summed E-state index contributed by atoms with van der Waals surface area (Å²) in [5, 5.41) is 5.31. The number of thiophene rings is 1. The fourth-order valence-corrected chi connectivity index (χ4v) is 5.52. The first kappa shape index (κ1) is 14.5. The fourth-order valence-electron chi connectivity index (χ4n) is 2.63. The average molecular weight is 314 g/mol. The first-order valence-corrected chi connectivity index (χ1v) is 9.80. The lowest BCUT2D eigenvalue weighted by atomic mass is 10.2. The number of rotatable bonds is 5. The Morgan fingerprint density at radius 1 is 1.20 bits per heavy atom. The summed E-state index contributed by atoms with van der Waals surface area (Å²) >= 11 is 1.55. The third-order valence-corrected chi connectivity index (χ3v) is 7.05. The van der Waals surface area contributed by atoms with Crippen molar-refractivity contribution in [2.75, 3.05) is 13.1 Å². The molecule has 0 unspecified atom stereocenters. The van der Waals surface area contributed by atoms with Crippen LogP contribution in [0.15, 0.2) is 16.3 Å². The van der Waals surface area contributed by atoms with Crippen molar-refractivity contribution in [1.29, 1.82) is 0 Å². The van der Waals surface area contributed by atoms with Crippen LogP contribution in [-0.2, 0) is 16.6 Å². The second kappa shape index (κ2) is 6.13. The SMILES string of the molecule is O=S(=O)(c1ccsc1CNC1CC1)N1CCCCCC1. The highest BCUT2D eigenvalue weighted by atomic mass is 32.2. The standard InChI is InChI=1S/C14H22N2O2S2/c17-20(18,16-8-3-1-2-4-9-16)14-7-10-19-13(14)11-15-12-5-6-12/h7,10,12,15H,1-6,8-9,11H2. The van der Waals surface area contributed by atoms with Crippen molar-refractivity contribution in [3.05, 3.63) is 16.3 Å². The summed E-state index contributed by atoms with van der Waals surface area (Å²) in [6.07, 6.45) is 6.70. The monoisotopic (exact) mass is 314 g/mol. The van der Waals surface area contributed by atoms with Gasteiger partial charge in [-0.15, -0.1) is 11.3 Å². The van der Waals surface area contributed by atoms with Crippen molar-refractivity contribution in [1.82, 2.24) is 9.62 Å². The summed E-state index contributed by atoms with van der Waals surface area (Å²) in [6, 6.07) is 2.38. The minimum Gasteiger partial charge on any atom is -0.309 e. The Labute approximate surface area is 125 Å². The van der Waals surface area contributed by atoms with Crippen LogP contribution in [0.2, 0.25) is 0 Å². The van der Waals surface area contributed by atoms with Crippen LogP contribution in [0.1, 0.15) is 43.4 Å². The van der Waals surface area contributed by atoms with Gasteiger partial charge < -0.3 is 5.32 Å². The van der Waals surface area contributed by atoms with Crippen molar-refractivity contribution in [3.63, 3.8) is 0 Å². The molecule has 1 saturated carbocycles. The highest BCUT2D eigenvalue weighted by Gasteiger charge is 2.29. The lowest BCUT2D eigenvalue weighted by Gasteiger charge is -2.20. The number of sulfonamides is 1. The molecule has 112 valence electrons. The molecule has 20 heavy (non-hydrogen) atoms. The highest BCUT2D eigenvalue weighted by molar-refractivity contribution is 7.89. The minimum atomic E-state index is -3.30. The molecular weight excluding hydrogens is 292 g/mol. The van der Waals surface area contributed by atoms with Gasteiger partial charge in [-0.25, -0.2) is 8.42 Å². The van der Waals surface area contributed by atoms with E-state index in [0.29, 0.717) is 30.6 Å². The van der Waals surface area contributed by atoms with Gasteiger partial charge in [-0.05, 0) is 37.1 Å². The van der Waals surface area contributed by atoms with E-state index in [4.69, 9.17) is 0 Å². The molecule has 0 spiro atoms. The van der Waals surface area contributed by atoms with E-state index in [1.54, 1.807) is 21.7 Å². The molecule has 1 aromatic rings. The molecule has 0 bridgehead atoms. The topological polar surface area (TPSA) is 49.4 Å². The van der Waals surface area contributed by atoms with Crippen LogP contribution in [0.3, 0.4) is 0 Å². The largest absolute Gasteiger partial charge is 0.309 e. The first-order valence-electron chi connectivity index (χ1n) is 7.48. The molecule has 2 fully saturated rings. The van der Waals surface area contributed by atoms with Gasteiger partial charge in [0, 0.05) is 30.6 Å². The summed E-state index contributed by atoms with van der Waals surface area (Å²) in [6.45, 7) is 2.03. The van der Waals surface area contributed by atoms with Crippen molar-refractivity contribution in [2.45, 2.75) is 56.0 Å². The molecule has 1 saturated heterocycles. The van der Waals surface area contributed by atoms with Crippen LogP contribution in [0.4, 0.5) is 0 Å². The maximum absolute atomic E-state index is 12.8. The normalized spacial score (nSPS) is 21.8. The number of hydrogen-bond acceptors (Lipinski definition) is 4. The van der Waals surface area contributed by atoms with Crippen LogP contribution < -0.4 is 5.32 Å². The smallest absolute Gasteiger partial charge is 0.244 e. The van der Waals surface area contributed by atoms with Gasteiger partial charge in [0.05, 0.1) is 4.90 Å². The third kappa shape index (κ3) is 3.24. The Kier molecular flexibility index (Phi) is 4.45. The Hall–Kier alpha value is -0.430. The van der Waals surface area contributed by atoms with Crippen molar-refractivity contribution in [2.24, 2.45) is 0 Å². The predicted molar refractivity (Wildman–Crippen MR) is 81.4 cm³/mol. The van der Waals surface area contributed by atoms with E-state index in [0.717, 1.165) is 30.6 Å². The van der Waals surface area contributed by atoms with Crippen LogP contribution in [0.25, 0.3) is 0 Å². The zero-order valence-electron chi connectivity index (χ0n) is 11.7. The molecule has 3 rings (SSSR count). The zero-order chi connectivity index (χ0) is 14.0. The molecule has 0 radical (unpaired) electrons. The molecule has 1 aliphatic heterocycles. The summed E-state index contributed by atoms with van der Waals surface area (Å²) in [5.74, 6) is 0. The molecule has 0 amide bonds. The van der Waals surface area contributed by atoms with Crippen LogP contribution in [0, 0.1) is 0 Å². The van der Waals surface area contributed by atoms with Gasteiger partial charge in [-0.1, -0.05) is 12.8 Å². The quantitative estimate of drug-likeness (QED) is 0.909. The predicted octanol–water partition coefficient (Wildman–Crippen LogP) is 2.56. The molecule has 1 N–H and O–H groups in total. The lowest BCUT2D eigenvalue weighted by molar-refractivity contribution is 0.423. The van der Waals surface area contributed by atoms with Crippen molar-refractivity contribution in [3.8, 4) is 0 Å². The summed E-state index contributed by atoms with van der Waals surface area (Å²) in [7, 11) is -3.30. The third-order valence-electron chi connectivity index (χ3n) is 4.02. The molecule has 2 aliphatic rings. The Morgan fingerprint density at radius 2 is 1.90 bits per heavy atom. The molecule has 1 aromatic heterocycles. The van der Waals surface area contributed by atoms with E-state index in [-0.39, 0.29) is 0 Å². The van der Waals surface area contributed by atoms with E-state index in [1.165, 1.54) is 12.8 Å². The number of hydrogen-bond donors (Lipinski definition) is 1. The van der Waals surface area contributed by atoms with Gasteiger partial charge in [-0.3, -0.25) is 0 Å². The average Bonchev–Trinajstić information content (AvgIpc) is 3.19. The van der Waals surface area contributed by atoms with Gasteiger partial charge in [0.2, 0.25) is 10.0 Å². The molecule has 1 aliphatic carbocycles. The molecular formula is C14H22N2O2S2. The fraction of sp³-hybridized carbons (Fsp3) is 0.714. The van der Waals surface area contributed by atoms with E-state index in [2.05, 4.69) is 5.32 Å². The Balaban J connectivity index is 1.76. The highest BCUT2D eigenvalue weighted by Crippen LogP contribution is 2.28. The van der Waals surface area contributed by atoms with E-state index in [9.17, 15) is 8.42 Å². The minimum absolute atomic E-state index is 0.526.